The molecule has 5 rings (SSSR count). The van der Waals surface area contributed by atoms with Gasteiger partial charge in [-0.3, -0.25) is 24.1 Å². The Hall–Kier alpha value is -3.19. The molecule has 1 N–H and O–H groups in total. The Morgan fingerprint density at radius 3 is 2.31 bits per heavy atom. The van der Waals surface area contributed by atoms with E-state index in [0.717, 1.165) is 4.90 Å². The number of benzene rings is 2. The number of rotatable bonds is 1. The van der Waals surface area contributed by atoms with Gasteiger partial charge in [-0.15, -0.1) is 0 Å². The molecule has 2 saturated heterocycles. The lowest BCUT2D eigenvalue weighted by Crippen LogP contribution is -2.47. The molecule has 29 heavy (non-hydrogen) atoms. The van der Waals surface area contributed by atoms with E-state index in [2.05, 4.69) is 5.32 Å². The van der Waals surface area contributed by atoms with E-state index < -0.39 is 47.5 Å². The molecule has 0 aromatic heterocycles. The molecule has 3 aliphatic rings. The molecule has 4 amide bonds. The van der Waals surface area contributed by atoms with E-state index >= 15 is 0 Å². The van der Waals surface area contributed by atoms with Crippen molar-refractivity contribution in [3.8, 4) is 0 Å². The highest BCUT2D eigenvalue weighted by Gasteiger charge is 2.65. The number of amides is 4. The highest BCUT2D eigenvalue weighted by atomic mass is 35.5. The minimum absolute atomic E-state index is 0.323. The van der Waals surface area contributed by atoms with E-state index in [1.165, 1.54) is 11.9 Å². The first-order chi connectivity index (χ1) is 13.9. The van der Waals surface area contributed by atoms with Gasteiger partial charge in [-0.2, -0.15) is 0 Å². The Morgan fingerprint density at radius 2 is 1.59 bits per heavy atom. The van der Waals surface area contributed by atoms with Crippen LogP contribution in [0.15, 0.2) is 48.5 Å². The molecule has 146 valence electrons. The van der Waals surface area contributed by atoms with Gasteiger partial charge in [0.1, 0.15) is 6.04 Å². The minimum atomic E-state index is -1.08. The molecule has 0 aliphatic carbocycles. The van der Waals surface area contributed by atoms with Gasteiger partial charge in [-0.1, -0.05) is 35.9 Å². The summed E-state index contributed by atoms with van der Waals surface area (Å²) in [5, 5.41) is 3.21. The summed E-state index contributed by atoms with van der Waals surface area (Å²) in [7, 11) is 1.41. The Bertz CT molecular complexity index is 1100. The second-order valence-electron chi connectivity index (χ2n) is 7.48. The molecule has 3 heterocycles. The number of para-hydroxylation sites is 1. The maximum absolute atomic E-state index is 13.5. The molecule has 2 aromatic carbocycles. The number of halogens is 1. The van der Waals surface area contributed by atoms with E-state index in [0.29, 0.717) is 21.8 Å². The average molecular weight is 410 g/mol. The van der Waals surface area contributed by atoms with Crippen LogP contribution in [0, 0.1) is 11.8 Å². The normalized spacial score (nSPS) is 28.1. The van der Waals surface area contributed by atoms with Crippen LogP contribution in [0.5, 0.6) is 0 Å². The van der Waals surface area contributed by atoms with Crippen LogP contribution in [0.3, 0.4) is 0 Å². The second kappa shape index (κ2) is 6.15. The largest absolute Gasteiger partial charge is 0.324 e. The van der Waals surface area contributed by atoms with E-state index in [1.807, 2.05) is 0 Å². The first-order valence-electron chi connectivity index (χ1n) is 9.19. The maximum Gasteiger partial charge on any atom is 0.257 e. The van der Waals surface area contributed by atoms with Crippen molar-refractivity contribution in [2.45, 2.75) is 12.1 Å². The Balaban J connectivity index is 1.75. The number of imide groups is 1. The van der Waals surface area contributed by atoms with E-state index in [4.69, 9.17) is 11.6 Å². The number of likely N-dealkylation sites (tertiary alicyclic amines) is 1. The van der Waals surface area contributed by atoms with Crippen molar-refractivity contribution in [1.82, 2.24) is 9.80 Å². The molecule has 2 fully saturated rings. The van der Waals surface area contributed by atoms with Crippen molar-refractivity contribution in [1.29, 1.82) is 0 Å². The molecule has 2 aromatic rings. The molecule has 0 spiro atoms. The van der Waals surface area contributed by atoms with E-state index in [1.54, 1.807) is 48.5 Å². The number of nitrogens with one attached hydrogen (secondary N) is 1. The van der Waals surface area contributed by atoms with Crippen LogP contribution in [0.1, 0.15) is 22.0 Å². The van der Waals surface area contributed by atoms with Gasteiger partial charge in [-0.05, 0) is 29.8 Å². The zero-order valence-electron chi connectivity index (χ0n) is 15.3. The number of hydrogen-bond donors (Lipinski definition) is 1. The summed E-state index contributed by atoms with van der Waals surface area (Å²) in [6, 6.07) is 11.7. The van der Waals surface area contributed by atoms with Gasteiger partial charge >= 0.3 is 0 Å². The summed E-state index contributed by atoms with van der Waals surface area (Å²) in [5.74, 6) is -3.49. The summed E-state index contributed by atoms with van der Waals surface area (Å²) in [5.41, 5.74) is 1.33. The number of anilines is 1. The highest BCUT2D eigenvalue weighted by molar-refractivity contribution is 6.30. The molecule has 7 nitrogen and oxygen atoms in total. The highest BCUT2D eigenvalue weighted by Crippen LogP contribution is 2.51. The summed E-state index contributed by atoms with van der Waals surface area (Å²) in [4.78, 5) is 55.0. The zero-order chi connectivity index (χ0) is 20.4. The molecule has 0 radical (unpaired) electrons. The van der Waals surface area contributed by atoms with Gasteiger partial charge in [0.05, 0.1) is 29.1 Å². The van der Waals surface area contributed by atoms with Crippen molar-refractivity contribution in [2.24, 2.45) is 11.8 Å². The molecule has 0 bridgehead atoms. The fourth-order valence-electron chi connectivity index (χ4n) is 4.77. The number of fused-ring (bicyclic) bond motifs is 4. The molecular weight excluding hydrogens is 394 g/mol. The number of carbonyl (C=O) groups excluding carboxylic acids is 4. The fraction of sp³-hybridized carbons (Fsp3) is 0.238. The first kappa shape index (κ1) is 17.9. The number of carbonyl (C=O) groups is 4. The topological polar surface area (TPSA) is 86.8 Å². The molecule has 8 heteroatoms. The van der Waals surface area contributed by atoms with Crippen molar-refractivity contribution in [3.05, 3.63) is 64.7 Å². The molecular formula is C21H16ClN3O4. The van der Waals surface area contributed by atoms with Gasteiger partial charge in [-0.25, -0.2) is 0 Å². The Kier molecular flexibility index (Phi) is 3.79. The lowest BCUT2D eigenvalue weighted by atomic mass is 9.86. The van der Waals surface area contributed by atoms with Crippen molar-refractivity contribution < 1.29 is 19.2 Å². The van der Waals surface area contributed by atoms with Gasteiger partial charge in [0.2, 0.25) is 17.7 Å². The lowest BCUT2D eigenvalue weighted by Gasteiger charge is -2.31. The molecule has 1 unspecified atom stereocenters. The van der Waals surface area contributed by atoms with Gasteiger partial charge in [0.15, 0.2) is 0 Å². The van der Waals surface area contributed by atoms with Gasteiger partial charge in [0.25, 0.3) is 5.91 Å². The van der Waals surface area contributed by atoms with Gasteiger partial charge in [0, 0.05) is 12.1 Å². The number of nitrogens with zero attached hydrogens (tertiary/aromatic N) is 2. The molecule has 0 saturated carbocycles. The van der Waals surface area contributed by atoms with Crippen LogP contribution < -0.4 is 5.32 Å². The Morgan fingerprint density at radius 1 is 0.897 bits per heavy atom. The van der Waals surface area contributed by atoms with Crippen LogP contribution in [0.4, 0.5) is 5.69 Å². The summed E-state index contributed by atoms with van der Waals surface area (Å²) in [6.45, 7) is 0. The fourth-order valence-corrected chi connectivity index (χ4v) is 4.97. The smallest absolute Gasteiger partial charge is 0.257 e. The monoisotopic (exact) mass is 409 g/mol. The van der Waals surface area contributed by atoms with Crippen LogP contribution in [-0.2, 0) is 14.4 Å². The standard InChI is InChI=1S/C21H16ClN3O4/c1-24-20(28)14-15(21(24)29)17-18(26)23-13-8-3-2-7-12(13)19(27)25(17)16(14)10-5-4-6-11(22)9-10/h2-9,14-17H,1H3,(H,23,26)/t14-,15+,16-,17?/m1/s1. The maximum atomic E-state index is 13.5. The summed E-state index contributed by atoms with van der Waals surface area (Å²) in [6.07, 6.45) is 0. The van der Waals surface area contributed by atoms with Crippen LogP contribution in [0.25, 0.3) is 0 Å². The molecule has 4 atom stereocenters. The third kappa shape index (κ3) is 2.37. The van der Waals surface area contributed by atoms with Crippen molar-refractivity contribution in [3.63, 3.8) is 0 Å². The quantitative estimate of drug-likeness (QED) is 0.731. The Labute approximate surface area is 171 Å². The minimum Gasteiger partial charge on any atom is -0.324 e. The third-order valence-corrected chi connectivity index (χ3v) is 6.24. The van der Waals surface area contributed by atoms with E-state index in [9.17, 15) is 19.2 Å². The SMILES string of the molecule is CN1C(=O)[C@@H]2[C@H](C1=O)C1C(=O)Nc3ccccc3C(=O)N1[C@@H]2c1cccc(Cl)c1. The van der Waals surface area contributed by atoms with Gasteiger partial charge < -0.3 is 10.2 Å². The summed E-state index contributed by atoms with van der Waals surface area (Å²) >= 11 is 6.17. The van der Waals surface area contributed by atoms with Crippen LogP contribution in [0.2, 0.25) is 5.02 Å². The predicted molar refractivity (Wildman–Crippen MR) is 104 cm³/mol. The zero-order valence-corrected chi connectivity index (χ0v) is 16.1. The van der Waals surface area contributed by atoms with E-state index in [-0.39, 0.29) is 0 Å². The first-order valence-corrected chi connectivity index (χ1v) is 9.57. The lowest BCUT2D eigenvalue weighted by molar-refractivity contribution is -0.141. The van der Waals surface area contributed by atoms with Crippen molar-refractivity contribution in [2.75, 3.05) is 12.4 Å². The second-order valence-corrected chi connectivity index (χ2v) is 7.92. The third-order valence-electron chi connectivity index (χ3n) is 6.01. The predicted octanol–water partition coefficient (Wildman–Crippen LogP) is 2.09. The van der Waals surface area contributed by atoms with Crippen LogP contribution >= 0.6 is 11.6 Å². The molecule has 3 aliphatic heterocycles. The summed E-state index contributed by atoms with van der Waals surface area (Å²) < 4.78 is 0. The van der Waals surface area contributed by atoms with Crippen LogP contribution in [-0.4, -0.2) is 46.5 Å². The average Bonchev–Trinajstić information content (AvgIpc) is 3.13. The number of hydrogen-bond acceptors (Lipinski definition) is 4. The van der Waals surface area contributed by atoms with Crippen molar-refractivity contribution >= 4 is 40.9 Å².